The van der Waals surface area contributed by atoms with Crippen LogP contribution in [0.1, 0.15) is 41.3 Å². The number of benzene rings is 1. The summed E-state index contributed by atoms with van der Waals surface area (Å²) in [5, 5.41) is 5.43. The first-order chi connectivity index (χ1) is 13.0. The Bertz CT molecular complexity index is 979. The van der Waals surface area contributed by atoms with Gasteiger partial charge in [-0.1, -0.05) is 13.3 Å². The zero-order chi connectivity index (χ0) is 19.4. The molecule has 0 atom stereocenters. The van der Waals surface area contributed by atoms with Gasteiger partial charge in [0.05, 0.1) is 5.57 Å². The van der Waals surface area contributed by atoms with Crippen LogP contribution in [0.5, 0.6) is 0 Å². The van der Waals surface area contributed by atoms with Gasteiger partial charge < -0.3 is 9.88 Å². The molecule has 0 fully saturated rings. The molecule has 1 aliphatic rings. The van der Waals surface area contributed by atoms with Crippen molar-refractivity contribution >= 4 is 40.0 Å². The van der Waals surface area contributed by atoms with Gasteiger partial charge in [-0.3, -0.25) is 19.7 Å². The third-order valence-corrected chi connectivity index (χ3v) is 5.02. The van der Waals surface area contributed by atoms with E-state index < -0.39 is 5.91 Å². The lowest BCUT2D eigenvalue weighted by Crippen LogP contribution is -2.37. The molecule has 2 aromatic rings. The molecule has 0 spiro atoms. The van der Waals surface area contributed by atoms with Gasteiger partial charge in [0.1, 0.15) is 0 Å². The zero-order valence-electron chi connectivity index (χ0n) is 14.9. The van der Waals surface area contributed by atoms with Crippen molar-refractivity contribution in [3.8, 4) is 0 Å². The molecule has 0 bridgehead atoms. The lowest BCUT2D eigenvalue weighted by Gasteiger charge is -2.18. The topological polar surface area (TPSA) is 80.2 Å². The average Bonchev–Trinajstić information content (AvgIpc) is 2.63. The van der Waals surface area contributed by atoms with Crippen molar-refractivity contribution < 1.29 is 9.59 Å². The second-order valence-corrected chi connectivity index (χ2v) is 7.58. The van der Waals surface area contributed by atoms with Crippen LogP contribution in [0.4, 0.5) is 0 Å². The summed E-state index contributed by atoms with van der Waals surface area (Å²) in [5.41, 5.74) is 2.29. The van der Waals surface area contributed by atoms with Crippen LogP contribution in [0.25, 0.3) is 5.57 Å². The van der Waals surface area contributed by atoms with Crippen molar-refractivity contribution in [2.24, 2.45) is 0 Å². The van der Waals surface area contributed by atoms with Gasteiger partial charge in [-0.25, -0.2) is 0 Å². The summed E-state index contributed by atoms with van der Waals surface area (Å²) < 4.78 is 2.64. The van der Waals surface area contributed by atoms with E-state index in [1.807, 2.05) is 18.2 Å². The molecule has 2 amide bonds. The van der Waals surface area contributed by atoms with Gasteiger partial charge in [0.25, 0.3) is 17.4 Å². The first kappa shape index (κ1) is 19.3. The summed E-state index contributed by atoms with van der Waals surface area (Å²) in [4.78, 5) is 36.3. The maximum absolute atomic E-state index is 12.2. The van der Waals surface area contributed by atoms with E-state index in [4.69, 9.17) is 0 Å². The monoisotopic (exact) mass is 477 g/mol. The lowest BCUT2D eigenvalue weighted by atomic mass is 9.96. The summed E-state index contributed by atoms with van der Waals surface area (Å²) >= 11 is 2.15. The van der Waals surface area contributed by atoms with Gasteiger partial charge in [0.2, 0.25) is 0 Å². The van der Waals surface area contributed by atoms with Crippen LogP contribution in [0.2, 0.25) is 0 Å². The van der Waals surface area contributed by atoms with Gasteiger partial charge >= 0.3 is 0 Å². The Morgan fingerprint density at radius 1 is 1.11 bits per heavy atom. The van der Waals surface area contributed by atoms with Crippen LogP contribution in [-0.2, 0) is 17.9 Å². The summed E-state index contributed by atoms with van der Waals surface area (Å²) in [6.45, 7) is 3.22. The van der Waals surface area contributed by atoms with Gasteiger partial charge in [0.15, 0.2) is 0 Å². The number of nitrogens with one attached hydrogen (secondary N) is 2. The van der Waals surface area contributed by atoms with Crippen molar-refractivity contribution in [2.45, 2.75) is 32.9 Å². The molecule has 6 nitrogen and oxygen atoms in total. The average molecular weight is 477 g/mol. The number of carbonyl (C=O) groups is 2. The Morgan fingerprint density at radius 2 is 1.93 bits per heavy atom. The number of imide groups is 1. The maximum Gasteiger partial charge on any atom is 0.260 e. The molecule has 0 saturated heterocycles. The van der Waals surface area contributed by atoms with E-state index in [0.29, 0.717) is 23.2 Å². The maximum atomic E-state index is 12.2. The number of nitrogens with zero attached hydrogens (tertiary/aromatic N) is 1. The molecule has 7 heteroatoms. The van der Waals surface area contributed by atoms with Gasteiger partial charge in [-0.05, 0) is 58.8 Å². The predicted molar refractivity (Wildman–Crippen MR) is 112 cm³/mol. The molecule has 3 rings (SSSR count). The number of hydrogen-bond acceptors (Lipinski definition) is 4. The smallest absolute Gasteiger partial charge is 0.260 e. The van der Waals surface area contributed by atoms with Gasteiger partial charge in [0, 0.05) is 46.2 Å². The fourth-order valence-corrected chi connectivity index (χ4v) is 3.37. The number of pyridine rings is 1. The number of amides is 2. The fraction of sp³-hybridized carbons (Fsp3) is 0.250. The number of fused-ring (bicyclic) bond motifs is 1. The Hall–Kier alpha value is -2.42. The third kappa shape index (κ3) is 4.47. The second-order valence-electron chi connectivity index (χ2n) is 6.33. The number of unbranched alkanes of at least 4 members (excludes halogenated alkanes) is 1. The molecule has 2 N–H and O–H groups in total. The van der Waals surface area contributed by atoms with E-state index in [1.165, 1.54) is 0 Å². The Kier molecular flexibility index (Phi) is 6.10. The van der Waals surface area contributed by atoms with E-state index in [2.05, 4.69) is 40.1 Å². The molecular formula is C20H20IN3O3. The van der Waals surface area contributed by atoms with E-state index in [-0.39, 0.29) is 11.5 Å². The SMILES string of the molecule is CCCCn1ccc(CN/C=C2\C(=O)NC(=O)c3ccc(I)cc32)cc1=O. The first-order valence-corrected chi connectivity index (χ1v) is 9.86. The van der Waals surface area contributed by atoms with Crippen LogP contribution in [-0.4, -0.2) is 16.4 Å². The predicted octanol–water partition coefficient (Wildman–Crippen LogP) is 2.65. The minimum atomic E-state index is -0.433. The van der Waals surface area contributed by atoms with Crippen molar-refractivity contribution in [2.75, 3.05) is 0 Å². The Balaban J connectivity index is 1.77. The Labute approximate surface area is 170 Å². The number of aryl methyl sites for hydroxylation is 1. The minimum Gasteiger partial charge on any atom is -0.386 e. The molecule has 2 heterocycles. The highest BCUT2D eigenvalue weighted by molar-refractivity contribution is 14.1. The fourth-order valence-electron chi connectivity index (χ4n) is 2.88. The molecule has 0 saturated carbocycles. The van der Waals surface area contributed by atoms with Crippen LogP contribution < -0.4 is 16.2 Å². The number of rotatable bonds is 6. The summed E-state index contributed by atoms with van der Waals surface area (Å²) in [7, 11) is 0. The molecule has 140 valence electrons. The van der Waals surface area contributed by atoms with E-state index >= 15 is 0 Å². The number of aromatic nitrogens is 1. The van der Waals surface area contributed by atoms with E-state index in [1.54, 1.807) is 29.1 Å². The van der Waals surface area contributed by atoms with Crippen molar-refractivity contribution in [3.05, 3.63) is 73.3 Å². The van der Waals surface area contributed by atoms with Gasteiger partial charge in [-0.15, -0.1) is 0 Å². The van der Waals surface area contributed by atoms with E-state index in [0.717, 1.165) is 28.5 Å². The number of hydrogen-bond donors (Lipinski definition) is 2. The molecule has 1 aromatic carbocycles. The molecular weight excluding hydrogens is 457 g/mol. The van der Waals surface area contributed by atoms with Crippen molar-refractivity contribution in [1.82, 2.24) is 15.2 Å². The number of carbonyl (C=O) groups excluding carboxylic acids is 2. The first-order valence-electron chi connectivity index (χ1n) is 8.78. The highest BCUT2D eigenvalue weighted by Crippen LogP contribution is 2.25. The zero-order valence-corrected chi connectivity index (χ0v) is 17.1. The van der Waals surface area contributed by atoms with Crippen LogP contribution >= 0.6 is 22.6 Å². The van der Waals surface area contributed by atoms with Crippen molar-refractivity contribution in [3.63, 3.8) is 0 Å². The standard InChI is InChI=1S/C20H20IN3O3/c1-2-3-7-24-8-6-13(9-18(24)25)11-22-12-17-16-10-14(21)4-5-15(16)19(26)23-20(17)27/h4-6,8-10,12,22H,2-3,7,11H2,1H3,(H,23,26,27)/b17-12-. The van der Waals surface area contributed by atoms with Crippen LogP contribution in [0.3, 0.4) is 0 Å². The molecule has 27 heavy (non-hydrogen) atoms. The molecule has 0 unspecified atom stereocenters. The summed E-state index contributed by atoms with van der Waals surface area (Å²) in [6.07, 6.45) is 5.40. The largest absolute Gasteiger partial charge is 0.386 e. The quantitative estimate of drug-likeness (QED) is 0.381. The molecule has 1 aliphatic heterocycles. The number of halogens is 1. The second kappa shape index (κ2) is 8.51. The molecule has 1 aromatic heterocycles. The van der Waals surface area contributed by atoms with Crippen molar-refractivity contribution in [1.29, 1.82) is 0 Å². The molecule has 0 radical (unpaired) electrons. The highest BCUT2D eigenvalue weighted by atomic mass is 127. The van der Waals surface area contributed by atoms with Crippen LogP contribution in [0.15, 0.2) is 47.5 Å². The highest BCUT2D eigenvalue weighted by Gasteiger charge is 2.27. The summed E-state index contributed by atoms with van der Waals surface area (Å²) in [5.74, 6) is -0.823. The van der Waals surface area contributed by atoms with E-state index in [9.17, 15) is 14.4 Å². The molecule has 0 aliphatic carbocycles. The normalized spacial score (nSPS) is 14.8. The minimum absolute atomic E-state index is 0.0312. The van der Waals surface area contributed by atoms with Gasteiger partial charge in [-0.2, -0.15) is 0 Å². The lowest BCUT2D eigenvalue weighted by molar-refractivity contribution is -0.114. The van der Waals surface area contributed by atoms with Crippen LogP contribution in [0, 0.1) is 3.57 Å². The summed E-state index contributed by atoms with van der Waals surface area (Å²) in [6, 6.07) is 8.84. The Morgan fingerprint density at radius 3 is 2.67 bits per heavy atom. The third-order valence-electron chi connectivity index (χ3n) is 4.35.